The number of hydrogen-bond acceptors (Lipinski definition) is 3. The number of carbonyl (C=O) groups excluding carboxylic acids is 1. The van der Waals surface area contributed by atoms with E-state index in [1.54, 1.807) is 12.1 Å². The number of carbonyl (C=O) groups is 1. The molecule has 0 aliphatic heterocycles. The first-order valence-electron chi connectivity index (χ1n) is 6.44. The number of nitrogens with one attached hydrogen (secondary N) is 1. The molecular formula is C15H14ClFN2O3. The number of pyridine rings is 1. The van der Waals surface area contributed by atoms with Crippen LogP contribution in [0.5, 0.6) is 0 Å². The third-order valence-electron chi connectivity index (χ3n) is 2.96. The molecule has 1 aromatic carbocycles. The first kappa shape index (κ1) is 16.2. The average molecular weight is 325 g/mol. The number of rotatable bonds is 5. The molecule has 1 aromatic heterocycles. The van der Waals surface area contributed by atoms with Gasteiger partial charge in [0.25, 0.3) is 5.56 Å². The molecular weight excluding hydrogens is 311 g/mol. The van der Waals surface area contributed by atoms with Crippen molar-refractivity contribution in [3.63, 3.8) is 0 Å². The van der Waals surface area contributed by atoms with Crippen LogP contribution in [0.4, 0.5) is 10.1 Å². The molecule has 0 radical (unpaired) electrons. The standard InChI is InChI=1S/C15H14ClFN2O3/c1-22-9-14(20)18-13-6-3-7-19(15(13)21)8-10-11(16)4-2-5-12(10)17/h2-7H,8-9H2,1H3,(H,18,20). The molecule has 7 heteroatoms. The molecule has 0 atom stereocenters. The number of methoxy groups -OCH3 is 1. The van der Waals surface area contributed by atoms with E-state index in [9.17, 15) is 14.0 Å². The van der Waals surface area contributed by atoms with Crippen LogP contribution in [0.3, 0.4) is 0 Å². The Morgan fingerprint density at radius 1 is 1.36 bits per heavy atom. The molecule has 5 nitrogen and oxygen atoms in total. The first-order valence-corrected chi connectivity index (χ1v) is 6.82. The lowest BCUT2D eigenvalue weighted by atomic mass is 10.2. The van der Waals surface area contributed by atoms with Crippen LogP contribution in [-0.4, -0.2) is 24.2 Å². The fourth-order valence-electron chi connectivity index (χ4n) is 1.93. The van der Waals surface area contributed by atoms with Crippen LogP contribution in [0.1, 0.15) is 5.56 Å². The molecule has 1 amide bonds. The van der Waals surface area contributed by atoms with Crippen LogP contribution in [-0.2, 0) is 16.1 Å². The van der Waals surface area contributed by atoms with Crippen molar-refractivity contribution in [2.75, 3.05) is 19.0 Å². The molecule has 0 bridgehead atoms. The smallest absolute Gasteiger partial charge is 0.274 e. The molecule has 1 N–H and O–H groups in total. The van der Waals surface area contributed by atoms with E-state index < -0.39 is 17.3 Å². The molecule has 0 aliphatic carbocycles. The zero-order valence-corrected chi connectivity index (χ0v) is 12.6. The molecule has 22 heavy (non-hydrogen) atoms. The van der Waals surface area contributed by atoms with Crippen LogP contribution in [0.15, 0.2) is 41.3 Å². The van der Waals surface area contributed by atoms with Gasteiger partial charge in [0, 0.05) is 23.9 Å². The van der Waals surface area contributed by atoms with Crippen molar-refractivity contribution in [3.05, 3.63) is 63.3 Å². The second-order valence-corrected chi connectivity index (χ2v) is 4.94. The van der Waals surface area contributed by atoms with Gasteiger partial charge in [0.1, 0.15) is 18.1 Å². The van der Waals surface area contributed by atoms with Crippen molar-refractivity contribution in [2.45, 2.75) is 6.54 Å². The maximum absolute atomic E-state index is 13.8. The van der Waals surface area contributed by atoms with Crippen LogP contribution < -0.4 is 10.9 Å². The molecule has 0 aliphatic rings. The van der Waals surface area contributed by atoms with Gasteiger partial charge in [-0.2, -0.15) is 0 Å². The van der Waals surface area contributed by atoms with Crippen molar-refractivity contribution in [1.82, 2.24) is 4.57 Å². The predicted octanol–water partition coefficient (Wildman–Crippen LogP) is 2.27. The van der Waals surface area contributed by atoms with Crippen LogP contribution in [0.25, 0.3) is 0 Å². The predicted molar refractivity (Wildman–Crippen MR) is 81.7 cm³/mol. The largest absolute Gasteiger partial charge is 0.375 e. The summed E-state index contributed by atoms with van der Waals surface area (Å²) in [5.74, 6) is -0.936. The molecule has 2 rings (SSSR count). The monoisotopic (exact) mass is 324 g/mol. The maximum atomic E-state index is 13.8. The van der Waals surface area contributed by atoms with E-state index in [1.807, 2.05) is 0 Å². The third kappa shape index (κ3) is 3.72. The molecule has 0 fully saturated rings. The Balaban J connectivity index is 2.30. The lowest BCUT2D eigenvalue weighted by molar-refractivity contribution is -0.119. The van der Waals surface area contributed by atoms with Gasteiger partial charge in [-0.3, -0.25) is 9.59 Å². The second kappa shape index (κ2) is 7.20. The van der Waals surface area contributed by atoms with Gasteiger partial charge in [0.05, 0.1) is 6.54 Å². The zero-order valence-electron chi connectivity index (χ0n) is 11.8. The topological polar surface area (TPSA) is 60.3 Å². The summed E-state index contributed by atoms with van der Waals surface area (Å²) in [6, 6.07) is 7.37. The van der Waals surface area contributed by atoms with Gasteiger partial charge in [-0.05, 0) is 24.3 Å². The van der Waals surface area contributed by atoms with E-state index in [2.05, 4.69) is 10.1 Å². The summed E-state index contributed by atoms with van der Waals surface area (Å²) in [6.07, 6.45) is 1.50. The lowest BCUT2D eigenvalue weighted by Gasteiger charge is -2.11. The van der Waals surface area contributed by atoms with Crippen molar-refractivity contribution in [3.8, 4) is 0 Å². The highest BCUT2D eigenvalue weighted by atomic mass is 35.5. The van der Waals surface area contributed by atoms with E-state index >= 15 is 0 Å². The van der Waals surface area contributed by atoms with Gasteiger partial charge in [-0.25, -0.2) is 4.39 Å². The fraction of sp³-hybridized carbons (Fsp3) is 0.200. The number of halogens is 2. The van der Waals surface area contributed by atoms with Crippen molar-refractivity contribution < 1.29 is 13.9 Å². The van der Waals surface area contributed by atoms with Gasteiger partial charge in [-0.1, -0.05) is 17.7 Å². The molecule has 1 heterocycles. The number of amides is 1. The summed E-state index contributed by atoms with van der Waals surface area (Å²) >= 11 is 5.96. The van der Waals surface area contributed by atoms with Gasteiger partial charge >= 0.3 is 0 Å². The summed E-state index contributed by atoms with van der Waals surface area (Å²) < 4.78 is 19.7. The number of nitrogens with zero attached hydrogens (tertiary/aromatic N) is 1. The fourth-order valence-corrected chi connectivity index (χ4v) is 2.15. The number of hydrogen-bond donors (Lipinski definition) is 1. The van der Waals surface area contributed by atoms with Crippen molar-refractivity contribution in [1.29, 1.82) is 0 Å². The van der Waals surface area contributed by atoms with E-state index in [-0.39, 0.29) is 29.4 Å². The number of aromatic nitrogens is 1. The molecule has 0 saturated heterocycles. The van der Waals surface area contributed by atoms with Crippen molar-refractivity contribution >= 4 is 23.2 Å². The van der Waals surface area contributed by atoms with Crippen molar-refractivity contribution in [2.24, 2.45) is 0 Å². The van der Waals surface area contributed by atoms with Gasteiger partial charge in [0.2, 0.25) is 5.91 Å². The van der Waals surface area contributed by atoms with Crippen LogP contribution >= 0.6 is 11.6 Å². The van der Waals surface area contributed by atoms with E-state index in [0.29, 0.717) is 0 Å². The van der Waals surface area contributed by atoms with Gasteiger partial charge in [0.15, 0.2) is 0 Å². The number of ether oxygens (including phenoxy) is 1. The Hall–Kier alpha value is -2.18. The molecule has 0 spiro atoms. The molecule has 0 unspecified atom stereocenters. The summed E-state index contributed by atoms with van der Waals surface area (Å²) in [5, 5.41) is 2.68. The van der Waals surface area contributed by atoms with Gasteiger partial charge in [-0.15, -0.1) is 0 Å². The second-order valence-electron chi connectivity index (χ2n) is 4.54. The Bertz CT molecular complexity index is 726. The highest BCUT2D eigenvalue weighted by Gasteiger charge is 2.11. The SMILES string of the molecule is COCC(=O)Nc1cccn(Cc2c(F)cccc2Cl)c1=O. The minimum atomic E-state index is -0.492. The summed E-state index contributed by atoms with van der Waals surface area (Å²) in [5.41, 5.74) is -0.144. The highest BCUT2D eigenvalue weighted by molar-refractivity contribution is 6.31. The van der Waals surface area contributed by atoms with E-state index in [1.165, 1.54) is 36.1 Å². The van der Waals surface area contributed by atoms with Crippen LogP contribution in [0.2, 0.25) is 5.02 Å². The third-order valence-corrected chi connectivity index (χ3v) is 3.31. The molecule has 116 valence electrons. The zero-order chi connectivity index (χ0) is 16.1. The molecule has 0 saturated carbocycles. The first-order chi connectivity index (χ1) is 10.5. The van der Waals surface area contributed by atoms with Crippen LogP contribution in [0, 0.1) is 5.82 Å². The number of benzene rings is 1. The van der Waals surface area contributed by atoms with E-state index in [0.717, 1.165) is 0 Å². The molecule has 2 aromatic rings. The van der Waals surface area contributed by atoms with Gasteiger partial charge < -0.3 is 14.6 Å². The normalized spacial score (nSPS) is 10.5. The summed E-state index contributed by atoms with van der Waals surface area (Å²) in [4.78, 5) is 23.8. The summed E-state index contributed by atoms with van der Waals surface area (Å²) in [6.45, 7) is -0.189. The van der Waals surface area contributed by atoms with E-state index in [4.69, 9.17) is 11.6 Å². The Labute approximate surface area is 131 Å². The Kier molecular flexibility index (Phi) is 5.30. The Morgan fingerprint density at radius 3 is 2.82 bits per heavy atom. The lowest BCUT2D eigenvalue weighted by Crippen LogP contribution is -2.27. The summed E-state index contributed by atoms with van der Waals surface area (Å²) in [7, 11) is 1.38. The quantitative estimate of drug-likeness (QED) is 0.918. The average Bonchev–Trinajstić information content (AvgIpc) is 2.47. The Morgan fingerprint density at radius 2 is 2.14 bits per heavy atom. The minimum Gasteiger partial charge on any atom is -0.375 e. The maximum Gasteiger partial charge on any atom is 0.274 e. The minimum absolute atomic E-state index is 0.0294. The number of anilines is 1. The highest BCUT2D eigenvalue weighted by Crippen LogP contribution is 2.19.